The third-order valence-electron chi connectivity index (χ3n) is 8.47. The van der Waals surface area contributed by atoms with E-state index in [0.717, 1.165) is 35.5 Å². The molecule has 1 unspecified atom stereocenters. The van der Waals surface area contributed by atoms with Crippen LogP contribution < -0.4 is 4.74 Å². The Kier molecular flexibility index (Phi) is 6.88. The molecule has 1 saturated carbocycles. The third kappa shape index (κ3) is 4.80. The lowest BCUT2D eigenvalue weighted by atomic mass is 9.86. The van der Waals surface area contributed by atoms with E-state index in [1.807, 2.05) is 36.4 Å². The predicted octanol–water partition coefficient (Wildman–Crippen LogP) is 8.05. The molecule has 0 radical (unpaired) electrons. The molecule has 0 saturated heterocycles. The van der Waals surface area contributed by atoms with Crippen LogP contribution in [0.2, 0.25) is 0 Å². The molecule has 2 aliphatic rings. The maximum absolute atomic E-state index is 13.5. The molecule has 6 rings (SSSR count). The van der Waals surface area contributed by atoms with Gasteiger partial charge in [-0.1, -0.05) is 74.6 Å². The third-order valence-corrected chi connectivity index (χ3v) is 8.47. The minimum absolute atomic E-state index is 0.119. The number of ketones is 2. The summed E-state index contributed by atoms with van der Waals surface area (Å²) in [6, 6.07) is 21.3. The highest BCUT2D eigenvalue weighted by Crippen LogP contribution is 2.37. The van der Waals surface area contributed by atoms with Gasteiger partial charge in [0.2, 0.25) is 0 Å². The Hall–Kier alpha value is -3.66. The highest BCUT2D eigenvalue weighted by atomic mass is 16.5. The minimum Gasteiger partial charge on any atom is -0.489 e. The molecule has 1 atom stereocenters. The van der Waals surface area contributed by atoms with Crippen molar-refractivity contribution in [1.29, 1.82) is 0 Å². The van der Waals surface area contributed by atoms with Gasteiger partial charge in [0.05, 0.1) is 0 Å². The Morgan fingerprint density at radius 1 is 0.868 bits per heavy atom. The second kappa shape index (κ2) is 10.6. The monoisotopic (exact) mass is 505 g/mol. The van der Waals surface area contributed by atoms with Crippen LogP contribution in [0.5, 0.6) is 5.75 Å². The van der Waals surface area contributed by atoms with Gasteiger partial charge in [-0.3, -0.25) is 9.59 Å². The van der Waals surface area contributed by atoms with Crippen molar-refractivity contribution in [1.82, 2.24) is 4.57 Å². The summed E-state index contributed by atoms with van der Waals surface area (Å²) in [5.74, 6) is 0.431. The molecule has 38 heavy (non-hydrogen) atoms. The first-order chi connectivity index (χ1) is 18.6. The Bertz CT molecular complexity index is 1480. The number of benzene rings is 3. The van der Waals surface area contributed by atoms with Crippen molar-refractivity contribution in [3.8, 4) is 5.75 Å². The van der Waals surface area contributed by atoms with Crippen LogP contribution in [0, 0.1) is 12.8 Å². The number of aryl methyl sites for hydroxylation is 2. The number of Topliss-reactive ketones (excluding diaryl/α,β-unsaturated/α-hetero) is 2. The largest absolute Gasteiger partial charge is 0.489 e. The number of nitrogens with zero attached hydrogens (tertiary/aromatic N) is 1. The summed E-state index contributed by atoms with van der Waals surface area (Å²) in [6.07, 6.45) is 11.6. The van der Waals surface area contributed by atoms with Gasteiger partial charge in [-0.2, -0.15) is 0 Å². The van der Waals surface area contributed by atoms with Crippen LogP contribution in [-0.4, -0.2) is 16.1 Å². The number of carbonyl (C=O) groups excluding carboxylic acids is 2. The fourth-order valence-electron chi connectivity index (χ4n) is 6.39. The van der Waals surface area contributed by atoms with Gasteiger partial charge in [0.1, 0.15) is 18.3 Å². The zero-order valence-corrected chi connectivity index (χ0v) is 22.1. The van der Waals surface area contributed by atoms with Crippen LogP contribution in [0.4, 0.5) is 0 Å². The lowest BCUT2D eigenvalue weighted by Gasteiger charge is -2.21. The molecule has 0 bridgehead atoms. The van der Waals surface area contributed by atoms with Crippen LogP contribution in [0.15, 0.2) is 72.9 Å². The fourth-order valence-corrected chi connectivity index (χ4v) is 6.39. The lowest BCUT2D eigenvalue weighted by Crippen LogP contribution is -2.13. The second-order valence-corrected chi connectivity index (χ2v) is 11.1. The summed E-state index contributed by atoms with van der Waals surface area (Å²) in [5.41, 5.74) is 5.14. The molecule has 4 heteroatoms. The quantitative estimate of drug-likeness (QED) is 0.228. The number of carbonyl (C=O) groups is 2. The van der Waals surface area contributed by atoms with Crippen molar-refractivity contribution in [2.75, 3.05) is 0 Å². The summed E-state index contributed by atoms with van der Waals surface area (Å²) >= 11 is 0. The van der Waals surface area contributed by atoms with E-state index in [2.05, 4.69) is 29.8 Å². The van der Waals surface area contributed by atoms with E-state index < -0.39 is 5.92 Å². The van der Waals surface area contributed by atoms with Crippen LogP contribution in [-0.2, 0) is 13.2 Å². The smallest absolute Gasteiger partial charge is 0.178 e. The number of hydrogen-bond donors (Lipinski definition) is 0. The molecule has 1 heterocycles. The Morgan fingerprint density at radius 2 is 1.66 bits per heavy atom. The number of fused-ring (bicyclic) bond motifs is 2. The highest BCUT2D eigenvalue weighted by Gasteiger charge is 2.40. The van der Waals surface area contributed by atoms with Crippen LogP contribution in [0.3, 0.4) is 0 Å². The molecular formula is C34H35NO3. The van der Waals surface area contributed by atoms with E-state index in [1.54, 1.807) is 18.2 Å². The van der Waals surface area contributed by atoms with E-state index in [4.69, 9.17) is 4.74 Å². The van der Waals surface area contributed by atoms with Crippen molar-refractivity contribution >= 4 is 22.5 Å². The molecule has 0 N–H and O–H groups in total. The first-order valence-electron chi connectivity index (χ1n) is 14.1. The minimum atomic E-state index is -0.787. The summed E-state index contributed by atoms with van der Waals surface area (Å²) in [6.45, 7) is 3.52. The van der Waals surface area contributed by atoms with Gasteiger partial charge in [0.15, 0.2) is 11.6 Å². The summed E-state index contributed by atoms with van der Waals surface area (Å²) in [5, 5.41) is 1.19. The van der Waals surface area contributed by atoms with Gasteiger partial charge in [-0.25, -0.2) is 0 Å². The molecule has 194 valence electrons. The van der Waals surface area contributed by atoms with E-state index in [-0.39, 0.29) is 11.6 Å². The first kappa shape index (κ1) is 24.7. The van der Waals surface area contributed by atoms with Gasteiger partial charge >= 0.3 is 0 Å². The second-order valence-electron chi connectivity index (χ2n) is 11.1. The van der Waals surface area contributed by atoms with Gasteiger partial charge in [-0.15, -0.1) is 0 Å². The molecule has 1 aromatic heterocycles. The van der Waals surface area contributed by atoms with Crippen molar-refractivity contribution in [3.63, 3.8) is 0 Å². The average Bonchev–Trinajstić information content (AvgIpc) is 3.40. The molecule has 0 aliphatic heterocycles. The first-order valence-corrected chi connectivity index (χ1v) is 14.1. The number of aromatic nitrogens is 1. The lowest BCUT2D eigenvalue weighted by molar-refractivity contribution is 0.0890. The van der Waals surface area contributed by atoms with Crippen LogP contribution in [0.1, 0.15) is 88.3 Å². The Labute approximate surface area is 224 Å². The van der Waals surface area contributed by atoms with Crippen molar-refractivity contribution in [3.05, 3.63) is 101 Å². The van der Waals surface area contributed by atoms with Gasteiger partial charge < -0.3 is 9.30 Å². The number of hydrogen-bond acceptors (Lipinski definition) is 3. The Morgan fingerprint density at radius 3 is 2.47 bits per heavy atom. The average molecular weight is 506 g/mol. The Balaban J connectivity index is 1.21. The van der Waals surface area contributed by atoms with E-state index in [9.17, 15) is 9.59 Å². The highest BCUT2D eigenvalue weighted by molar-refractivity contribution is 6.30. The maximum atomic E-state index is 13.5. The van der Waals surface area contributed by atoms with E-state index in [1.165, 1.54) is 49.5 Å². The predicted molar refractivity (Wildman–Crippen MR) is 151 cm³/mol. The van der Waals surface area contributed by atoms with E-state index in [0.29, 0.717) is 23.5 Å². The van der Waals surface area contributed by atoms with Gasteiger partial charge in [-0.05, 0) is 66.6 Å². The zero-order chi connectivity index (χ0) is 26.1. The molecule has 3 aromatic carbocycles. The summed E-state index contributed by atoms with van der Waals surface area (Å²) in [7, 11) is 0. The molecule has 1 fully saturated rings. The number of rotatable bonds is 8. The SMILES string of the molecule is Cc1cn(CCCC2CCCCC2)c2cc(C3C(=O)c4ccc(OCc5ccccc5)cc4C3=O)ccc12. The van der Waals surface area contributed by atoms with Crippen LogP contribution in [0.25, 0.3) is 10.9 Å². The normalized spacial score (nSPS) is 17.8. The summed E-state index contributed by atoms with van der Waals surface area (Å²) < 4.78 is 8.26. The van der Waals surface area contributed by atoms with Gasteiger partial charge in [0, 0.05) is 34.8 Å². The van der Waals surface area contributed by atoms with Gasteiger partial charge in [0.25, 0.3) is 0 Å². The molecular weight excluding hydrogens is 470 g/mol. The van der Waals surface area contributed by atoms with Crippen LogP contribution >= 0.6 is 0 Å². The topological polar surface area (TPSA) is 48.3 Å². The molecule has 0 amide bonds. The van der Waals surface area contributed by atoms with E-state index >= 15 is 0 Å². The zero-order valence-electron chi connectivity index (χ0n) is 22.1. The molecule has 4 nitrogen and oxygen atoms in total. The summed E-state index contributed by atoms with van der Waals surface area (Å²) in [4.78, 5) is 26.9. The van der Waals surface area contributed by atoms with Crippen molar-refractivity contribution < 1.29 is 14.3 Å². The molecule has 2 aliphatic carbocycles. The standard InChI is InChI=1S/C34H35NO3/c1-23-21-35(18-8-13-24-9-4-2-5-10-24)31-19-26(14-16-28(23)31)32-33(36)29-17-15-27(20-30(29)34(32)37)38-22-25-11-6-3-7-12-25/h3,6-7,11-12,14-17,19-21,24,32H,2,4-5,8-10,13,18,22H2,1H3. The van der Waals surface area contributed by atoms with Crippen molar-refractivity contribution in [2.24, 2.45) is 5.92 Å². The van der Waals surface area contributed by atoms with Crippen molar-refractivity contribution in [2.45, 2.75) is 70.9 Å². The maximum Gasteiger partial charge on any atom is 0.178 e. The fraction of sp³-hybridized carbons (Fsp3) is 0.353. The molecule has 0 spiro atoms. The number of ether oxygens (including phenoxy) is 1. The molecule has 4 aromatic rings.